The van der Waals surface area contributed by atoms with E-state index >= 15 is 0 Å². The van der Waals surface area contributed by atoms with Gasteiger partial charge >= 0.3 is 36.1 Å². The molecule has 0 radical (unpaired) electrons. The minimum atomic E-state index is -0.730. The number of urea groups is 5. The Morgan fingerprint density at radius 1 is 0.451 bits per heavy atom. The highest BCUT2D eigenvalue weighted by atomic mass is 35.5. The first-order valence-electron chi connectivity index (χ1n) is 50.1. The van der Waals surface area contributed by atoms with Gasteiger partial charge in [0.2, 0.25) is 23.2 Å². The highest BCUT2D eigenvalue weighted by Gasteiger charge is 2.32. The van der Waals surface area contributed by atoms with Crippen molar-refractivity contribution in [1.29, 1.82) is 0 Å². The number of aryl methyl sites for hydroxylation is 4. The second-order valence-electron chi connectivity index (χ2n) is 35.5. The summed E-state index contributed by atoms with van der Waals surface area (Å²) in [7, 11) is 11.5. The van der Waals surface area contributed by atoms with Crippen LogP contribution in [0.15, 0.2) is 141 Å². The van der Waals surface area contributed by atoms with E-state index in [1.165, 1.54) is 75.0 Å². The average Bonchev–Trinajstić information content (AvgIpc) is 1.35. The molecule has 11 rings (SSSR count). The number of nitrogens with zero attached hydrogens (tertiary/aromatic N) is 15. The van der Waals surface area contributed by atoms with Crippen LogP contribution in [0.3, 0.4) is 0 Å². The summed E-state index contributed by atoms with van der Waals surface area (Å²) in [5.74, 6) is 3.62. The predicted molar refractivity (Wildman–Crippen MR) is 581 cm³/mol. The smallest absolute Gasteiger partial charge is 0.339 e. The van der Waals surface area contributed by atoms with Crippen molar-refractivity contribution in [2.45, 2.75) is 231 Å². The number of amides is 12. The fraction of sp³-hybridized carbons (Fsp3) is 0.524. The lowest BCUT2D eigenvalue weighted by Crippen LogP contribution is -2.37. The average molecular weight is 2050 g/mol. The molecule has 0 spiro atoms. The van der Waals surface area contributed by atoms with E-state index in [4.69, 9.17) is 42.1 Å². The molecule has 12 amide bonds. The van der Waals surface area contributed by atoms with Crippen molar-refractivity contribution >= 4 is 145 Å². The second kappa shape index (κ2) is 59.9. The molecule has 1 atom stereocenters. The lowest BCUT2D eigenvalue weighted by molar-refractivity contribution is -0.122. The molecule has 1 unspecified atom stereocenters. The van der Waals surface area contributed by atoms with Gasteiger partial charge in [-0.1, -0.05) is 172 Å². The van der Waals surface area contributed by atoms with Gasteiger partial charge in [-0.25, -0.2) is 55.9 Å². The van der Waals surface area contributed by atoms with Crippen LogP contribution in [0.2, 0.25) is 10.0 Å². The Bertz CT molecular complexity index is 5740. The van der Waals surface area contributed by atoms with Crippen LogP contribution in [0.25, 0.3) is 22.1 Å². The summed E-state index contributed by atoms with van der Waals surface area (Å²) >= 11 is 14.4. The van der Waals surface area contributed by atoms with Gasteiger partial charge in [0.05, 0.1) is 75.6 Å². The Morgan fingerprint density at radius 3 is 1.42 bits per heavy atom. The number of ether oxygens (including phenoxy) is 4. The van der Waals surface area contributed by atoms with E-state index in [0.29, 0.717) is 92.8 Å². The van der Waals surface area contributed by atoms with Crippen molar-refractivity contribution in [2.75, 3.05) is 141 Å². The zero-order valence-electron chi connectivity index (χ0n) is 88.6. The van der Waals surface area contributed by atoms with E-state index in [1.807, 2.05) is 115 Å². The molecule has 3 saturated heterocycles. The monoisotopic (exact) mass is 2050 g/mol. The number of aromatic nitrogens is 4. The normalized spacial score (nSPS) is 13.3. The number of rotatable bonds is 40. The molecule has 11 N–H and O–H groups in total. The van der Waals surface area contributed by atoms with Crippen molar-refractivity contribution in [3.05, 3.63) is 159 Å². The second-order valence-corrected chi connectivity index (χ2v) is 37.4. The number of likely N-dealkylation sites (N-methyl/N-ethyl adjacent to an activating group) is 4. The summed E-state index contributed by atoms with van der Waals surface area (Å²) in [6.45, 7) is 45.0. The third-order valence-electron chi connectivity index (χ3n) is 25.1. The number of halogens is 2. The van der Waals surface area contributed by atoms with Gasteiger partial charge in [0.1, 0.15) is 17.2 Å². The molecule has 2 aromatic heterocycles. The molecule has 38 nitrogen and oxygen atoms in total. The lowest BCUT2D eigenvalue weighted by atomic mass is 9.76. The SMILES string of the molecule is CCC(Oc1ccc(C(C)(C)CC)cc1C(C)(C)CC)C(=O)Nc1ccc(Cl)c(NC(=O)NN=c2n(CC)c3ccccc3n2CC)c1.CCCCCCCCCCCCOC(=O)c1ccc(Cl)c(NC(=O)NN=C2N(CC)CCN2CC)c1.CCN1CCN(CC)C1=NNC(=O)Nc1cc(C(=O)N(C)C)ccc1OC.CCN1CCS/C1=N/NC(=O)NC.CCn1/c(=N\NC(=O)NC)n(C)c2ccc(OC)cc21. The van der Waals surface area contributed by atoms with E-state index in [1.54, 1.807) is 95.6 Å². The standard InChI is InChI=1S/C38H51ClN6O3.C27H44ClN5O3.C18H28N6O3.C13H19N5O2.C7H14N4OS/c1-10-32(48-33-22-19-25(37(6,7)11-2)23-27(33)38(8,9)12-3)34(46)40-26-20-21-28(39)29(24-26)41-35(47)42-43-36-44(13-4)30-17-15-16-18-31(30)45(36)14-5;1-4-7-8-9-10-11-12-13-14-15-20-36-25(34)22-16-17-23(28)24(21-22)29-26(35)30-31-27-32(5-2)18-19-33(27)6-3;1-6-23-10-11-24(7-2)18(23)21-20-17(26)19-14-12-13(16(25)22(3)4)8-9-15(14)27-5;1-5-18-11-8-9(20-4)6-7-10(11)17(3)13(18)16-15-12(19)14-2;1-3-11-4-5-13-7(11)10-9-6(12)8-2/h15-24,32H,10-14H2,1-9H3,(H,40,46)(H2,41,42,47);16-17,21H,4-15,18-20H2,1-3H3,(H2,29,30,35);8-9,12H,6-7,10-11H2,1-5H3,(H2,19,20,26);6-8H,5H2,1-4H3,(H2,14,15,19);3-5H2,1-2H3,(H2,8,9,12)/b;;;16-13-;10-7+. The third-order valence-corrected chi connectivity index (χ3v) is 26.8. The molecule has 0 saturated carbocycles. The maximum Gasteiger partial charge on any atom is 0.339 e. The van der Waals surface area contributed by atoms with Crippen LogP contribution < -0.4 is 84.5 Å². The Hall–Kier alpha value is -13.0. The number of hydrogen-bond donors (Lipinski definition) is 11. The number of para-hydroxylation sites is 2. The van der Waals surface area contributed by atoms with Gasteiger partial charge in [-0.2, -0.15) is 0 Å². The van der Waals surface area contributed by atoms with Gasteiger partial charge in [0.15, 0.2) is 11.3 Å². The quantitative estimate of drug-likeness (QED) is 0.00965. The number of guanidine groups is 2. The van der Waals surface area contributed by atoms with Crippen molar-refractivity contribution in [2.24, 2.45) is 32.6 Å². The molecule has 41 heteroatoms. The third kappa shape index (κ3) is 34.1. The van der Waals surface area contributed by atoms with E-state index in [0.717, 1.165) is 154 Å². The number of hydrogen-bond acceptors (Lipinski definition) is 18. The number of imidazole rings is 2. The fourth-order valence-electron chi connectivity index (χ4n) is 15.8. The van der Waals surface area contributed by atoms with Crippen LogP contribution >= 0.6 is 35.0 Å². The number of hydrazone groups is 3. The van der Waals surface area contributed by atoms with E-state index in [9.17, 15) is 38.4 Å². The molecule has 8 aromatic rings. The molecule has 790 valence electrons. The topological polar surface area (TPSA) is 407 Å². The summed E-state index contributed by atoms with van der Waals surface area (Å²) in [4.78, 5) is 110. The Morgan fingerprint density at radius 2 is 0.924 bits per heavy atom. The molecular formula is C103H156Cl2N26O12S. The number of benzene rings is 6. The van der Waals surface area contributed by atoms with Gasteiger partial charge in [-0.05, 0) is 182 Å². The molecule has 3 aliphatic heterocycles. The summed E-state index contributed by atoms with van der Waals surface area (Å²) < 4.78 is 30.4. The number of esters is 1. The minimum Gasteiger partial charge on any atom is -0.497 e. The van der Waals surface area contributed by atoms with E-state index < -0.39 is 30.2 Å². The Balaban J connectivity index is 0.000000259. The molecule has 0 bridgehead atoms. The molecular weight excluding hydrogens is 1900 g/mol. The van der Waals surface area contributed by atoms with Gasteiger partial charge in [-0.3, -0.25) is 9.59 Å². The highest BCUT2D eigenvalue weighted by Crippen LogP contribution is 2.40. The summed E-state index contributed by atoms with van der Waals surface area (Å²) in [5.41, 5.74) is 22.5. The minimum absolute atomic E-state index is 0.0247. The summed E-state index contributed by atoms with van der Waals surface area (Å²) in [5, 5.41) is 38.6. The van der Waals surface area contributed by atoms with Crippen LogP contribution in [0, 0.1) is 0 Å². The molecule has 3 fully saturated rings. The number of nitrogens with one attached hydrogen (secondary N) is 11. The Labute approximate surface area is 863 Å². The van der Waals surface area contributed by atoms with E-state index in [-0.39, 0.29) is 34.7 Å². The molecule has 6 aromatic carbocycles. The van der Waals surface area contributed by atoms with Gasteiger partial charge < -0.3 is 98.5 Å². The van der Waals surface area contributed by atoms with Gasteiger partial charge in [-0.15, -0.1) is 25.5 Å². The van der Waals surface area contributed by atoms with Crippen LogP contribution in [-0.4, -0.2) is 239 Å². The Kier molecular flexibility index (Phi) is 49.0. The number of carbonyl (C=O) groups excluding carboxylic acids is 8. The van der Waals surface area contributed by atoms with Gasteiger partial charge in [0, 0.05) is 149 Å². The van der Waals surface area contributed by atoms with Crippen molar-refractivity contribution in [3.63, 3.8) is 0 Å². The summed E-state index contributed by atoms with van der Waals surface area (Å²) in [6.07, 6.45) is 13.9. The van der Waals surface area contributed by atoms with Crippen LogP contribution in [0.5, 0.6) is 17.2 Å². The van der Waals surface area contributed by atoms with Crippen LogP contribution in [0.1, 0.15) is 226 Å². The molecule has 5 heterocycles. The number of fused-ring (bicyclic) bond motifs is 2. The maximum atomic E-state index is 13.5. The van der Waals surface area contributed by atoms with Gasteiger partial charge in [0.25, 0.3) is 11.8 Å². The fourth-order valence-corrected chi connectivity index (χ4v) is 17.2. The predicted octanol–water partition coefficient (Wildman–Crippen LogP) is 17.9. The number of carbonyl (C=O) groups is 8. The number of anilines is 4. The highest BCUT2D eigenvalue weighted by molar-refractivity contribution is 8.14. The molecule has 0 aliphatic carbocycles. The number of methoxy groups -OCH3 is 2. The summed E-state index contributed by atoms with van der Waals surface area (Å²) in [6, 6.07) is 32.5. The van der Waals surface area contributed by atoms with E-state index in [2.05, 4.69) is 190 Å². The van der Waals surface area contributed by atoms with Crippen molar-refractivity contribution < 1.29 is 57.3 Å². The first-order valence-corrected chi connectivity index (χ1v) is 51.9. The van der Waals surface area contributed by atoms with Crippen LogP contribution in [0.4, 0.5) is 46.7 Å². The number of amidine groups is 1. The van der Waals surface area contributed by atoms with Crippen LogP contribution in [-0.2, 0) is 47.0 Å². The number of thioether (sulfide) groups is 1. The largest absolute Gasteiger partial charge is 0.497 e. The van der Waals surface area contributed by atoms with Crippen molar-refractivity contribution in [3.8, 4) is 17.2 Å². The lowest BCUT2D eigenvalue weighted by Gasteiger charge is -2.31. The van der Waals surface area contributed by atoms with Crippen molar-refractivity contribution in [1.82, 2.24) is 85.4 Å². The zero-order valence-corrected chi connectivity index (χ0v) is 90.9. The zero-order chi connectivity index (χ0) is 106. The molecule has 144 heavy (non-hydrogen) atoms. The first-order chi connectivity index (χ1) is 69.1. The first kappa shape index (κ1) is 118. The number of unbranched alkanes of at least 4 members (excludes halogenated alkanes) is 9. The maximum absolute atomic E-state index is 13.5. The molecule has 3 aliphatic rings.